The second-order valence-electron chi connectivity index (χ2n) is 12.2. The van der Waals surface area contributed by atoms with Crippen molar-refractivity contribution in [3.63, 3.8) is 0 Å². The van der Waals surface area contributed by atoms with Crippen LogP contribution in [0.4, 0.5) is 0 Å². The standard InChI is InChI=1S/C45H30NOPS/c47-48(35-15-6-2-7-16-35,36-17-8-3-9-18-36)37-29-27-32(28-30-37)31-23-25-34(26-24-31)44-43-39-19-10-11-22-41(39)49-45(43)42-38(20-12-21-40(42)46-44)33-13-4-1-5-14-33/h1-30H. The van der Waals surface area contributed by atoms with Crippen LogP contribution in [0.3, 0.4) is 0 Å². The number of thiophene rings is 1. The van der Waals surface area contributed by atoms with Gasteiger partial charge in [-0.1, -0.05) is 170 Å². The molecule has 2 heterocycles. The first-order chi connectivity index (χ1) is 24.2. The lowest BCUT2D eigenvalue weighted by Gasteiger charge is -2.20. The van der Waals surface area contributed by atoms with Crippen LogP contribution in [-0.2, 0) is 4.57 Å². The third kappa shape index (κ3) is 5.02. The van der Waals surface area contributed by atoms with E-state index in [2.05, 4.69) is 109 Å². The van der Waals surface area contributed by atoms with Crippen molar-refractivity contribution in [2.45, 2.75) is 0 Å². The molecule has 2 nitrogen and oxygen atoms in total. The minimum absolute atomic E-state index is 0.826. The summed E-state index contributed by atoms with van der Waals surface area (Å²) in [6, 6.07) is 62.3. The van der Waals surface area contributed by atoms with Gasteiger partial charge in [-0.05, 0) is 34.4 Å². The molecule has 232 valence electrons. The predicted octanol–water partition coefficient (Wildman–Crippen LogP) is 11.2. The van der Waals surface area contributed by atoms with Gasteiger partial charge in [-0.15, -0.1) is 11.3 Å². The van der Waals surface area contributed by atoms with Crippen molar-refractivity contribution < 1.29 is 4.57 Å². The van der Waals surface area contributed by atoms with Crippen LogP contribution in [0, 0.1) is 0 Å². The van der Waals surface area contributed by atoms with Gasteiger partial charge in [-0.3, -0.25) is 0 Å². The van der Waals surface area contributed by atoms with Gasteiger partial charge in [-0.25, -0.2) is 4.98 Å². The Morgan fingerprint density at radius 3 is 1.61 bits per heavy atom. The van der Waals surface area contributed by atoms with E-state index < -0.39 is 7.14 Å². The fraction of sp³-hybridized carbons (Fsp3) is 0. The van der Waals surface area contributed by atoms with Gasteiger partial charge in [0.2, 0.25) is 0 Å². The van der Waals surface area contributed by atoms with Crippen molar-refractivity contribution in [1.82, 2.24) is 4.98 Å². The number of pyridine rings is 1. The van der Waals surface area contributed by atoms with Crippen LogP contribution < -0.4 is 15.9 Å². The minimum Gasteiger partial charge on any atom is -0.309 e. The van der Waals surface area contributed by atoms with E-state index in [1.807, 2.05) is 84.1 Å². The molecule has 9 aromatic rings. The average Bonchev–Trinajstić information content (AvgIpc) is 3.58. The van der Waals surface area contributed by atoms with Crippen LogP contribution in [0.25, 0.3) is 64.6 Å². The van der Waals surface area contributed by atoms with Crippen LogP contribution in [0.1, 0.15) is 0 Å². The quantitative estimate of drug-likeness (QED) is 0.166. The summed E-state index contributed by atoms with van der Waals surface area (Å²) in [6.07, 6.45) is 0. The van der Waals surface area contributed by atoms with E-state index >= 15 is 0 Å². The molecular weight excluding hydrogens is 634 g/mol. The summed E-state index contributed by atoms with van der Waals surface area (Å²) in [5.41, 5.74) is 7.65. The van der Waals surface area contributed by atoms with Gasteiger partial charge in [0.05, 0.1) is 11.2 Å². The van der Waals surface area contributed by atoms with E-state index in [1.54, 1.807) is 0 Å². The molecule has 9 rings (SSSR count). The Balaban J connectivity index is 1.14. The molecular formula is C45H30NOPS. The van der Waals surface area contributed by atoms with Crippen molar-refractivity contribution in [1.29, 1.82) is 0 Å². The summed E-state index contributed by atoms with van der Waals surface area (Å²) in [4.78, 5) is 5.36. The fourth-order valence-corrected chi connectivity index (χ4v) is 10.9. The van der Waals surface area contributed by atoms with Crippen LogP contribution in [0.2, 0.25) is 0 Å². The highest BCUT2D eigenvalue weighted by molar-refractivity contribution is 7.85. The van der Waals surface area contributed by atoms with E-state index in [0.717, 1.165) is 43.8 Å². The molecule has 4 heteroatoms. The van der Waals surface area contributed by atoms with Crippen LogP contribution in [-0.4, -0.2) is 4.98 Å². The third-order valence-corrected chi connectivity index (χ3v) is 13.6. The summed E-state index contributed by atoms with van der Waals surface area (Å²) in [7, 11) is -3.02. The molecule has 0 N–H and O–H groups in total. The Bertz CT molecular complexity index is 2610. The molecule has 0 spiro atoms. The molecule has 0 saturated carbocycles. The average molecular weight is 664 g/mol. The van der Waals surface area contributed by atoms with E-state index in [-0.39, 0.29) is 0 Å². The van der Waals surface area contributed by atoms with Crippen molar-refractivity contribution in [2.24, 2.45) is 0 Å². The number of hydrogen-bond acceptors (Lipinski definition) is 3. The molecule has 0 atom stereocenters. The topological polar surface area (TPSA) is 30.0 Å². The zero-order valence-corrected chi connectivity index (χ0v) is 28.2. The van der Waals surface area contributed by atoms with E-state index in [9.17, 15) is 4.57 Å². The lowest BCUT2D eigenvalue weighted by molar-refractivity contribution is 0.592. The van der Waals surface area contributed by atoms with Crippen molar-refractivity contribution in [3.8, 4) is 33.5 Å². The normalized spacial score (nSPS) is 11.8. The second-order valence-corrected chi connectivity index (χ2v) is 16.1. The number of benzene rings is 7. The molecule has 0 aliphatic rings. The molecule has 0 amide bonds. The van der Waals surface area contributed by atoms with Crippen LogP contribution >= 0.6 is 18.5 Å². The van der Waals surface area contributed by atoms with Crippen molar-refractivity contribution in [2.75, 3.05) is 0 Å². The highest BCUT2D eigenvalue weighted by Crippen LogP contribution is 2.46. The Labute approximate surface area is 289 Å². The summed E-state index contributed by atoms with van der Waals surface area (Å²) < 4.78 is 17.4. The van der Waals surface area contributed by atoms with Crippen molar-refractivity contribution in [3.05, 3.63) is 182 Å². The minimum atomic E-state index is -3.02. The number of nitrogens with zero attached hydrogens (tertiary/aromatic N) is 1. The maximum atomic E-state index is 14.8. The molecule has 2 aromatic heterocycles. The van der Waals surface area contributed by atoms with Gasteiger partial charge < -0.3 is 4.57 Å². The van der Waals surface area contributed by atoms with Gasteiger partial charge in [0.25, 0.3) is 0 Å². The highest BCUT2D eigenvalue weighted by atomic mass is 32.1. The van der Waals surface area contributed by atoms with Gasteiger partial charge in [0, 0.05) is 47.0 Å². The smallest absolute Gasteiger partial charge is 0.171 e. The Hall–Kier alpha value is -5.60. The first kappa shape index (κ1) is 29.5. The first-order valence-corrected chi connectivity index (χ1v) is 18.9. The fourth-order valence-electron chi connectivity index (χ4n) is 6.98. The molecule has 7 aromatic carbocycles. The molecule has 49 heavy (non-hydrogen) atoms. The molecule has 0 fully saturated rings. The Kier molecular flexibility index (Phi) is 7.31. The monoisotopic (exact) mass is 663 g/mol. The van der Waals surface area contributed by atoms with Gasteiger partial charge in [-0.2, -0.15) is 0 Å². The SMILES string of the molecule is O=P(c1ccccc1)(c1ccccc1)c1ccc(-c2ccc(-c3nc4cccc(-c5ccccc5)c4c4sc5ccccc5c34)cc2)cc1. The number of hydrogen-bond donors (Lipinski definition) is 0. The van der Waals surface area contributed by atoms with Crippen molar-refractivity contribution >= 4 is 65.5 Å². The number of fused-ring (bicyclic) bond motifs is 5. The zero-order valence-electron chi connectivity index (χ0n) is 26.5. The van der Waals surface area contributed by atoms with Crippen LogP contribution in [0.15, 0.2) is 182 Å². The Morgan fingerprint density at radius 1 is 0.429 bits per heavy atom. The maximum Gasteiger partial charge on any atom is 0.171 e. The summed E-state index contributed by atoms with van der Waals surface area (Å²) in [5.74, 6) is 0. The lowest BCUT2D eigenvalue weighted by atomic mass is 9.96. The molecule has 0 radical (unpaired) electrons. The van der Waals surface area contributed by atoms with E-state index in [4.69, 9.17) is 4.98 Å². The molecule has 0 saturated heterocycles. The third-order valence-electron chi connectivity index (χ3n) is 9.38. The largest absolute Gasteiger partial charge is 0.309 e. The van der Waals surface area contributed by atoms with Gasteiger partial charge >= 0.3 is 0 Å². The van der Waals surface area contributed by atoms with Gasteiger partial charge in [0.15, 0.2) is 7.14 Å². The second kappa shape index (κ2) is 12.1. The summed E-state index contributed by atoms with van der Waals surface area (Å²) >= 11 is 1.85. The zero-order chi connectivity index (χ0) is 32.8. The van der Waals surface area contributed by atoms with E-state index in [1.165, 1.54) is 36.7 Å². The Morgan fingerprint density at radius 2 is 0.959 bits per heavy atom. The number of rotatable bonds is 6. The van der Waals surface area contributed by atoms with E-state index in [0.29, 0.717) is 0 Å². The molecule has 0 bridgehead atoms. The molecule has 0 aliphatic heterocycles. The highest BCUT2D eigenvalue weighted by Gasteiger charge is 2.29. The van der Waals surface area contributed by atoms with Gasteiger partial charge in [0.1, 0.15) is 0 Å². The maximum absolute atomic E-state index is 14.8. The summed E-state index contributed by atoms with van der Waals surface area (Å²) in [5, 5.41) is 6.14. The molecule has 0 unspecified atom stereocenters. The summed E-state index contributed by atoms with van der Waals surface area (Å²) in [6.45, 7) is 0. The molecule has 0 aliphatic carbocycles. The first-order valence-electron chi connectivity index (χ1n) is 16.4. The lowest BCUT2D eigenvalue weighted by Crippen LogP contribution is -2.24. The predicted molar refractivity (Wildman–Crippen MR) is 210 cm³/mol. The number of aromatic nitrogens is 1. The van der Waals surface area contributed by atoms with Crippen LogP contribution in [0.5, 0.6) is 0 Å².